The van der Waals surface area contributed by atoms with Crippen molar-refractivity contribution >= 4 is 17.3 Å². The van der Waals surface area contributed by atoms with Gasteiger partial charge in [-0.15, -0.1) is 0 Å². The van der Waals surface area contributed by atoms with Crippen molar-refractivity contribution in [2.75, 3.05) is 25.2 Å². The van der Waals surface area contributed by atoms with Gasteiger partial charge in [0.1, 0.15) is 6.10 Å². The number of benzene rings is 2. The number of methoxy groups -OCH3 is 1. The second-order valence-corrected chi connectivity index (χ2v) is 7.21. The molecule has 6 nitrogen and oxygen atoms in total. The summed E-state index contributed by atoms with van der Waals surface area (Å²) in [5.41, 5.74) is 2.87. The van der Waals surface area contributed by atoms with E-state index in [4.69, 9.17) is 14.2 Å². The van der Waals surface area contributed by atoms with Gasteiger partial charge in [0.05, 0.1) is 25.9 Å². The summed E-state index contributed by atoms with van der Waals surface area (Å²) in [4.78, 5) is 18.2. The van der Waals surface area contributed by atoms with Crippen LogP contribution in [0.4, 0.5) is 15.8 Å². The average molecular weight is 422 g/mol. The molecule has 0 bridgehead atoms. The summed E-state index contributed by atoms with van der Waals surface area (Å²) in [6.07, 6.45) is 4.04. The van der Waals surface area contributed by atoms with E-state index in [9.17, 15) is 9.18 Å². The van der Waals surface area contributed by atoms with Gasteiger partial charge in [-0.2, -0.15) is 0 Å². The van der Waals surface area contributed by atoms with Crippen LogP contribution in [0.3, 0.4) is 0 Å². The summed E-state index contributed by atoms with van der Waals surface area (Å²) in [5.74, 6) is -0.680. The minimum absolute atomic E-state index is 0.167. The summed E-state index contributed by atoms with van der Waals surface area (Å²) in [5, 5.41) is 0. The zero-order valence-corrected chi connectivity index (χ0v) is 17.2. The molecule has 0 radical (unpaired) electrons. The lowest BCUT2D eigenvalue weighted by atomic mass is 10.1. The van der Waals surface area contributed by atoms with E-state index in [1.165, 1.54) is 13.2 Å². The molecule has 1 atom stereocenters. The van der Waals surface area contributed by atoms with Crippen molar-refractivity contribution in [2.24, 2.45) is 0 Å². The van der Waals surface area contributed by atoms with Crippen LogP contribution in [0.1, 0.15) is 22.3 Å². The van der Waals surface area contributed by atoms with E-state index in [0.717, 1.165) is 23.4 Å². The Labute approximate surface area is 180 Å². The number of aromatic nitrogens is 1. The van der Waals surface area contributed by atoms with Crippen molar-refractivity contribution in [3.8, 4) is 5.75 Å². The number of carbonyl (C=O) groups excluding carboxylic acids is 1. The lowest BCUT2D eigenvalue weighted by molar-refractivity contribution is 0.0600. The van der Waals surface area contributed by atoms with Gasteiger partial charge in [0.25, 0.3) is 0 Å². The van der Waals surface area contributed by atoms with Crippen molar-refractivity contribution in [3.05, 3.63) is 83.9 Å². The summed E-state index contributed by atoms with van der Waals surface area (Å²) in [6, 6.07) is 15.7. The minimum Gasteiger partial charge on any atom is -0.485 e. The molecule has 1 aromatic heterocycles. The number of carbonyl (C=O) groups is 1. The molecule has 2 heterocycles. The first-order chi connectivity index (χ1) is 15.1. The van der Waals surface area contributed by atoms with Crippen LogP contribution in [0.2, 0.25) is 0 Å². The van der Waals surface area contributed by atoms with Gasteiger partial charge in [-0.3, -0.25) is 4.98 Å². The van der Waals surface area contributed by atoms with E-state index in [2.05, 4.69) is 4.98 Å². The Kier molecular flexibility index (Phi) is 6.43. The van der Waals surface area contributed by atoms with Gasteiger partial charge in [-0.25, -0.2) is 9.18 Å². The first kappa shape index (κ1) is 20.8. The third-order valence-corrected chi connectivity index (χ3v) is 5.05. The zero-order valence-electron chi connectivity index (χ0n) is 17.2. The number of ether oxygens (including phenoxy) is 3. The van der Waals surface area contributed by atoms with E-state index in [1.54, 1.807) is 42.7 Å². The molecule has 31 heavy (non-hydrogen) atoms. The Hall–Kier alpha value is -3.45. The largest absolute Gasteiger partial charge is 0.485 e. The van der Waals surface area contributed by atoms with Crippen LogP contribution < -0.4 is 9.64 Å². The van der Waals surface area contributed by atoms with Crippen LogP contribution in [0, 0.1) is 5.82 Å². The molecule has 0 saturated carbocycles. The second-order valence-electron chi connectivity index (χ2n) is 7.21. The molecule has 7 heteroatoms. The Morgan fingerprint density at radius 1 is 1.19 bits per heavy atom. The van der Waals surface area contributed by atoms with Gasteiger partial charge in [0, 0.05) is 42.8 Å². The molecule has 1 fully saturated rings. The molecule has 0 spiro atoms. The first-order valence-corrected chi connectivity index (χ1v) is 10.0. The fraction of sp³-hybridized carbons (Fsp3) is 0.250. The van der Waals surface area contributed by atoms with E-state index in [1.807, 2.05) is 23.1 Å². The van der Waals surface area contributed by atoms with Crippen molar-refractivity contribution in [3.63, 3.8) is 0 Å². The number of esters is 1. The molecular formula is C24H23FN2O4. The highest BCUT2D eigenvalue weighted by Gasteiger charge is 2.21. The van der Waals surface area contributed by atoms with Crippen LogP contribution in [-0.4, -0.2) is 37.4 Å². The number of halogens is 1. The monoisotopic (exact) mass is 422 g/mol. The number of hydrogen-bond acceptors (Lipinski definition) is 6. The zero-order chi connectivity index (χ0) is 21.6. The second kappa shape index (κ2) is 9.57. The van der Waals surface area contributed by atoms with Gasteiger partial charge in [-0.05, 0) is 42.0 Å². The van der Waals surface area contributed by atoms with Gasteiger partial charge < -0.3 is 19.1 Å². The van der Waals surface area contributed by atoms with E-state index in [-0.39, 0.29) is 11.9 Å². The van der Waals surface area contributed by atoms with Crippen molar-refractivity contribution < 1.29 is 23.4 Å². The van der Waals surface area contributed by atoms with Crippen molar-refractivity contribution in [2.45, 2.75) is 19.1 Å². The third kappa shape index (κ3) is 5.00. The molecule has 0 N–H and O–H groups in total. The Balaban J connectivity index is 1.71. The topological polar surface area (TPSA) is 60.9 Å². The van der Waals surface area contributed by atoms with Gasteiger partial charge in [-0.1, -0.05) is 12.1 Å². The Morgan fingerprint density at radius 3 is 2.81 bits per heavy atom. The number of rotatable bonds is 7. The number of nitrogens with zero attached hydrogens (tertiary/aromatic N) is 2. The van der Waals surface area contributed by atoms with Crippen LogP contribution in [-0.2, 0) is 16.0 Å². The molecule has 160 valence electrons. The third-order valence-electron chi connectivity index (χ3n) is 5.05. The van der Waals surface area contributed by atoms with Crippen molar-refractivity contribution in [1.82, 2.24) is 4.98 Å². The minimum atomic E-state index is -0.430. The SMILES string of the molecule is COC(=O)c1cccc(N(Cc2cccnc2)c2ccc(F)c(O[C@@H]3CCOC3)c2)c1. The van der Waals surface area contributed by atoms with Crippen LogP contribution in [0.5, 0.6) is 5.75 Å². The maximum absolute atomic E-state index is 14.5. The molecule has 1 saturated heterocycles. The average Bonchev–Trinajstić information content (AvgIpc) is 3.32. The Bertz CT molecular complexity index is 1040. The molecule has 1 aliphatic rings. The summed E-state index contributed by atoms with van der Waals surface area (Å²) in [7, 11) is 1.35. The fourth-order valence-electron chi connectivity index (χ4n) is 3.46. The van der Waals surface area contributed by atoms with E-state index >= 15 is 0 Å². The Morgan fingerprint density at radius 2 is 2.06 bits per heavy atom. The maximum atomic E-state index is 14.5. The number of hydrogen-bond donors (Lipinski definition) is 0. The molecule has 2 aromatic carbocycles. The van der Waals surface area contributed by atoms with Crippen LogP contribution in [0.15, 0.2) is 67.0 Å². The quantitative estimate of drug-likeness (QED) is 0.522. The predicted octanol–water partition coefficient (Wildman–Crippen LogP) is 4.51. The molecule has 3 aromatic rings. The van der Waals surface area contributed by atoms with E-state index < -0.39 is 11.8 Å². The highest BCUT2D eigenvalue weighted by molar-refractivity contribution is 5.90. The molecule has 4 rings (SSSR count). The highest BCUT2D eigenvalue weighted by atomic mass is 19.1. The standard InChI is InChI=1S/C24H23FN2O4/c1-29-24(28)18-5-2-6-19(12-18)27(15-17-4-3-10-26-14-17)20-7-8-22(25)23(13-20)31-21-9-11-30-16-21/h2-8,10,12-14,21H,9,11,15-16H2,1H3/t21-/m1/s1. The maximum Gasteiger partial charge on any atom is 0.337 e. The molecule has 1 aliphatic heterocycles. The van der Waals surface area contributed by atoms with E-state index in [0.29, 0.717) is 25.3 Å². The molecular weight excluding hydrogens is 399 g/mol. The van der Waals surface area contributed by atoms with Gasteiger partial charge >= 0.3 is 5.97 Å². The van der Waals surface area contributed by atoms with Crippen LogP contribution >= 0.6 is 0 Å². The number of pyridine rings is 1. The number of anilines is 2. The lowest BCUT2D eigenvalue weighted by Crippen LogP contribution is -2.19. The molecule has 0 aliphatic carbocycles. The predicted molar refractivity (Wildman–Crippen MR) is 114 cm³/mol. The van der Waals surface area contributed by atoms with Gasteiger partial charge in [0.15, 0.2) is 11.6 Å². The summed E-state index contributed by atoms with van der Waals surface area (Å²) in [6.45, 7) is 1.53. The smallest absolute Gasteiger partial charge is 0.337 e. The van der Waals surface area contributed by atoms with Gasteiger partial charge in [0.2, 0.25) is 0 Å². The first-order valence-electron chi connectivity index (χ1n) is 10.0. The molecule has 0 amide bonds. The summed E-state index contributed by atoms with van der Waals surface area (Å²) >= 11 is 0. The summed E-state index contributed by atoms with van der Waals surface area (Å²) < 4.78 is 30.5. The highest BCUT2D eigenvalue weighted by Crippen LogP contribution is 2.33. The molecule has 0 unspecified atom stereocenters. The van der Waals surface area contributed by atoms with Crippen LogP contribution in [0.25, 0.3) is 0 Å². The fourth-order valence-corrected chi connectivity index (χ4v) is 3.46. The normalized spacial score (nSPS) is 15.5. The lowest BCUT2D eigenvalue weighted by Gasteiger charge is -2.26. The van der Waals surface area contributed by atoms with Crippen molar-refractivity contribution in [1.29, 1.82) is 0 Å².